The van der Waals surface area contributed by atoms with Gasteiger partial charge in [0.25, 0.3) is 0 Å². The van der Waals surface area contributed by atoms with Gasteiger partial charge in [-0.05, 0) is 38.5 Å². The minimum Gasteiger partial charge on any atom is -0.464 e. The van der Waals surface area contributed by atoms with Crippen LogP contribution >= 0.6 is 0 Å². The molecule has 0 bridgehead atoms. The number of hydrogen-bond acceptors (Lipinski definition) is 4. The fraction of sp³-hybridized carbons (Fsp3) is 0.833. The first-order valence-electron chi connectivity index (χ1n) is 6.27. The molecule has 0 heterocycles. The molecule has 5 nitrogen and oxygen atoms in total. The van der Waals surface area contributed by atoms with Crippen LogP contribution in [0.4, 0.5) is 0 Å². The lowest BCUT2D eigenvalue weighted by Crippen LogP contribution is -2.50. The lowest BCUT2D eigenvalue weighted by Gasteiger charge is -2.27. The lowest BCUT2D eigenvalue weighted by atomic mass is 9.87. The fourth-order valence-corrected chi connectivity index (χ4v) is 2.03. The highest BCUT2D eigenvalue weighted by Crippen LogP contribution is 2.23. The molecule has 0 aromatic carbocycles. The summed E-state index contributed by atoms with van der Waals surface area (Å²) in [5.74, 6) is -0.362. The van der Waals surface area contributed by atoms with Crippen molar-refractivity contribution in [3.63, 3.8) is 0 Å². The number of hydrogen-bond donors (Lipinski definition) is 2. The number of rotatable bonds is 4. The molecule has 3 N–H and O–H groups in total. The van der Waals surface area contributed by atoms with E-state index in [9.17, 15) is 9.59 Å². The Hall–Kier alpha value is -1.10. The molecule has 0 aliphatic heterocycles. The average molecular weight is 242 g/mol. The third-order valence-corrected chi connectivity index (χ3v) is 3.19. The van der Waals surface area contributed by atoms with Crippen LogP contribution in [-0.2, 0) is 14.3 Å². The molecule has 1 unspecified atom stereocenters. The van der Waals surface area contributed by atoms with Gasteiger partial charge in [0.1, 0.15) is 0 Å². The molecule has 1 amide bonds. The van der Waals surface area contributed by atoms with E-state index in [0.717, 1.165) is 31.6 Å². The standard InChI is InChI=1S/C12H22N2O3/c1-3-17-12(16)10(13)11(15)14-9-6-4-8(2)5-7-9/h8-10H,3-7,13H2,1-2H3,(H,14,15). The third kappa shape index (κ3) is 4.34. The highest BCUT2D eigenvalue weighted by Gasteiger charge is 2.27. The first-order chi connectivity index (χ1) is 8.04. The predicted molar refractivity (Wildman–Crippen MR) is 64.2 cm³/mol. The van der Waals surface area contributed by atoms with Gasteiger partial charge in [0.2, 0.25) is 5.91 Å². The topological polar surface area (TPSA) is 81.4 Å². The van der Waals surface area contributed by atoms with Gasteiger partial charge >= 0.3 is 5.97 Å². The monoisotopic (exact) mass is 242 g/mol. The van der Waals surface area contributed by atoms with Crippen LogP contribution in [0.2, 0.25) is 0 Å². The SMILES string of the molecule is CCOC(=O)C(N)C(=O)NC1CCC(C)CC1. The van der Waals surface area contributed by atoms with Crippen LogP contribution in [0.3, 0.4) is 0 Å². The van der Waals surface area contributed by atoms with Crippen LogP contribution in [0.1, 0.15) is 39.5 Å². The predicted octanol–water partition coefficient (Wildman–Crippen LogP) is 0.572. The second-order valence-electron chi connectivity index (χ2n) is 4.70. The molecule has 1 atom stereocenters. The van der Waals surface area contributed by atoms with E-state index < -0.39 is 17.9 Å². The first-order valence-corrected chi connectivity index (χ1v) is 6.27. The molecule has 0 saturated heterocycles. The van der Waals surface area contributed by atoms with Crippen LogP contribution in [0.25, 0.3) is 0 Å². The highest BCUT2D eigenvalue weighted by molar-refractivity contribution is 6.01. The van der Waals surface area contributed by atoms with Gasteiger partial charge in [-0.2, -0.15) is 0 Å². The molecule has 1 aliphatic rings. The summed E-state index contributed by atoms with van der Waals surface area (Å²) in [6.07, 6.45) is 4.14. The second kappa shape index (κ2) is 6.59. The van der Waals surface area contributed by atoms with E-state index in [2.05, 4.69) is 12.2 Å². The molecule has 1 fully saturated rings. The molecule has 1 rings (SSSR count). The van der Waals surface area contributed by atoms with E-state index >= 15 is 0 Å². The quantitative estimate of drug-likeness (QED) is 0.558. The van der Waals surface area contributed by atoms with Crippen LogP contribution < -0.4 is 11.1 Å². The molecular formula is C12H22N2O3. The Kier molecular flexibility index (Phi) is 5.41. The largest absolute Gasteiger partial charge is 0.464 e. The summed E-state index contributed by atoms with van der Waals surface area (Å²) >= 11 is 0. The van der Waals surface area contributed by atoms with Crippen molar-refractivity contribution in [2.75, 3.05) is 6.61 Å². The van der Waals surface area contributed by atoms with Crippen LogP contribution in [-0.4, -0.2) is 30.6 Å². The van der Waals surface area contributed by atoms with Gasteiger partial charge in [0.15, 0.2) is 6.04 Å². The number of nitrogens with two attached hydrogens (primary N) is 1. The smallest absolute Gasteiger partial charge is 0.332 e. The second-order valence-corrected chi connectivity index (χ2v) is 4.70. The lowest BCUT2D eigenvalue weighted by molar-refractivity contribution is -0.148. The van der Waals surface area contributed by atoms with Gasteiger partial charge in [-0.1, -0.05) is 6.92 Å². The van der Waals surface area contributed by atoms with Crippen molar-refractivity contribution in [2.45, 2.75) is 51.6 Å². The Bertz CT molecular complexity index is 273. The van der Waals surface area contributed by atoms with Crippen LogP contribution in [0.5, 0.6) is 0 Å². The molecule has 1 saturated carbocycles. The summed E-state index contributed by atoms with van der Waals surface area (Å²) in [5, 5.41) is 2.81. The van der Waals surface area contributed by atoms with Crippen LogP contribution in [0.15, 0.2) is 0 Å². The van der Waals surface area contributed by atoms with Gasteiger partial charge in [0.05, 0.1) is 6.61 Å². The third-order valence-electron chi connectivity index (χ3n) is 3.19. The molecule has 0 aromatic heterocycles. The molecule has 1 aliphatic carbocycles. The van der Waals surface area contributed by atoms with E-state index in [0.29, 0.717) is 0 Å². The maximum Gasteiger partial charge on any atom is 0.332 e. The average Bonchev–Trinajstić information content (AvgIpc) is 2.31. The summed E-state index contributed by atoms with van der Waals surface area (Å²) in [4.78, 5) is 22.9. The van der Waals surface area contributed by atoms with E-state index in [1.54, 1.807) is 6.92 Å². The number of carbonyl (C=O) groups excluding carboxylic acids is 2. The minimum absolute atomic E-state index is 0.152. The normalized spacial score (nSPS) is 26.1. The van der Waals surface area contributed by atoms with Crippen LogP contribution in [0, 0.1) is 5.92 Å². The maximum absolute atomic E-state index is 11.7. The molecule has 0 aromatic rings. The molecule has 17 heavy (non-hydrogen) atoms. The fourth-order valence-electron chi connectivity index (χ4n) is 2.03. The summed E-state index contributed by atoms with van der Waals surface area (Å²) in [5.41, 5.74) is 5.50. The Labute approximate surface area is 102 Å². The Balaban J connectivity index is 2.35. The van der Waals surface area contributed by atoms with Gasteiger partial charge in [-0.3, -0.25) is 4.79 Å². The zero-order chi connectivity index (χ0) is 12.8. The number of ether oxygens (including phenoxy) is 1. The number of carbonyl (C=O) groups is 2. The number of amides is 1. The zero-order valence-corrected chi connectivity index (χ0v) is 10.6. The van der Waals surface area contributed by atoms with Crippen molar-refractivity contribution in [1.82, 2.24) is 5.32 Å². The Morgan fingerprint density at radius 3 is 2.47 bits per heavy atom. The van der Waals surface area contributed by atoms with Gasteiger partial charge in [-0.25, -0.2) is 4.79 Å². The summed E-state index contributed by atoms with van der Waals surface area (Å²) in [6, 6.07) is -1.05. The maximum atomic E-state index is 11.7. The van der Waals surface area contributed by atoms with Crippen molar-refractivity contribution < 1.29 is 14.3 Å². The van der Waals surface area contributed by atoms with E-state index in [-0.39, 0.29) is 12.6 Å². The Morgan fingerprint density at radius 1 is 1.35 bits per heavy atom. The van der Waals surface area contributed by atoms with E-state index in [1.807, 2.05) is 0 Å². The number of esters is 1. The summed E-state index contributed by atoms with van der Waals surface area (Å²) in [6.45, 7) is 4.13. The number of nitrogens with one attached hydrogen (secondary N) is 1. The van der Waals surface area contributed by atoms with E-state index in [1.165, 1.54) is 0 Å². The summed E-state index contributed by atoms with van der Waals surface area (Å²) < 4.78 is 4.71. The highest BCUT2D eigenvalue weighted by atomic mass is 16.5. The zero-order valence-electron chi connectivity index (χ0n) is 10.6. The minimum atomic E-state index is -1.20. The molecule has 0 radical (unpaired) electrons. The van der Waals surface area contributed by atoms with Crippen molar-refractivity contribution >= 4 is 11.9 Å². The van der Waals surface area contributed by atoms with Crippen molar-refractivity contribution in [2.24, 2.45) is 11.7 Å². The first kappa shape index (κ1) is 14.0. The molecule has 98 valence electrons. The van der Waals surface area contributed by atoms with E-state index in [4.69, 9.17) is 10.5 Å². The molecular weight excluding hydrogens is 220 g/mol. The van der Waals surface area contributed by atoms with Crippen molar-refractivity contribution in [3.8, 4) is 0 Å². The Morgan fingerprint density at radius 2 is 1.94 bits per heavy atom. The molecule has 5 heteroatoms. The summed E-state index contributed by atoms with van der Waals surface area (Å²) in [7, 11) is 0. The van der Waals surface area contributed by atoms with Crippen molar-refractivity contribution in [1.29, 1.82) is 0 Å². The van der Waals surface area contributed by atoms with Crippen molar-refractivity contribution in [3.05, 3.63) is 0 Å². The van der Waals surface area contributed by atoms with Gasteiger partial charge in [0, 0.05) is 6.04 Å². The van der Waals surface area contributed by atoms with Gasteiger partial charge < -0.3 is 15.8 Å². The molecule has 0 spiro atoms. The van der Waals surface area contributed by atoms with Gasteiger partial charge in [-0.15, -0.1) is 0 Å².